The lowest BCUT2D eigenvalue weighted by atomic mass is 9.88. The van der Waals surface area contributed by atoms with Crippen LogP contribution in [0.5, 0.6) is 0 Å². The second kappa shape index (κ2) is 4.73. The van der Waals surface area contributed by atoms with E-state index in [2.05, 4.69) is 55.3 Å². The first-order chi connectivity index (χ1) is 6.99. The van der Waals surface area contributed by atoms with Gasteiger partial charge in [0.05, 0.1) is 6.04 Å². The molecule has 1 rings (SSSR count). The molecule has 0 bridgehead atoms. The predicted octanol–water partition coefficient (Wildman–Crippen LogP) is 1.68. The average Bonchev–Trinajstić information content (AvgIpc) is 2.18. The molecule has 0 aliphatic carbocycles. The molecule has 0 saturated heterocycles. The van der Waals surface area contributed by atoms with E-state index in [-0.39, 0.29) is 5.54 Å². The van der Waals surface area contributed by atoms with Gasteiger partial charge in [-0.15, -0.1) is 0 Å². The molecule has 84 valence electrons. The molecular formula is C12H21N3. The minimum Gasteiger partial charge on any atom is -0.313 e. The number of nitrogens with zero attached hydrogens (tertiary/aromatic N) is 2. The minimum absolute atomic E-state index is 0.0326. The van der Waals surface area contributed by atoms with Crippen molar-refractivity contribution >= 4 is 0 Å². The Morgan fingerprint density at radius 1 is 1.27 bits per heavy atom. The molecule has 1 aromatic heterocycles. The Morgan fingerprint density at radius 2 is 1.80 bits per heavy atom. The van der Waals surface area contributed by atoms with Gasteiger partial charge in [-0.05, 0) is 52.7 Å². The SMILES string of the molecule is CNC(C)(C)C(c1ccncc1)N(C)C. The molecule has 0 aliphatic heterocycles. The minimum atomic E-state index is 0.0326. The van der Waals surface area contributed by atoms with Crippen LogP contribution in [0.4, 0.5) is 0 Å². The van der Waals surface area contributed by atoms with Gasteiger partial charge >= 0.3 is 0 Å². The summed E-state index contributed by atoms with van der Waals surface area (Å²) in [5.74, 6) is 0. The Kier molecular flexibility index (Phi) is 3.83. The molecule has 1 unspecified atom stereocenters. The van der Waals surface area contributed by atoms with Crippen LogP contribution in [0, 0.1) is 0 Å². The zero-order valence-corrected chi connectivity index (χ0v) is 10.3. The van der Waals surface area contributed by atoms with Crippen LogP contribution in [-0.4, -0.2) is 36.6 Å². The molecule has 0 aromatic carbocycles. The Bertz CT molecular complexity index is 293. The molecule has 1 aromatic rings. The van der Waals surface area contributed by atoms with Crippen LogP contribution >= 0.6 is 0 Å². The molecule has 0 fully saturated rings. The molecule has 0 radical (unpaired) electrons. The predicted molar refractivity (Wildman–Crippen MR) is 63.8 cm³/mol. The van der Waals surface area contributed by atoms with Crippen molar-refractivity contribution < 1.29 is 0 Å². The van der Waals surface area contributed by atoms with Crippen LogP contribution in [-0.2, 0) is 0 Å². The fraction of sp³-hybridized carbons (Fsp3) is 0.583. The van der Waals surface area contributed by atoms with Gasteiger partial charge in [0.2, 0.25) is 0 Å². The smallest absolute Gasteiger partial charge is 0.0520 e. The van der Waals surface area contributed by atoms with Gasteiger partial charge in [-0.2, -0.15) is 0 Å². The summed E-state index contributed by atoms with van der Waals surface area (Å²) in [6, 6.07) is 4.48. The summed E-state index contributed by atoms with van der Waals surface area (Å²) in [4.78, 5) is 6.28. The van der Waals surface area contributed by atoms with E-state index in [1.54, 1.807) is 0 Å². The van der Waals surface area contributed by atoms with Gasteiger partial charge in [0.1, 0.15) is 0 Å². The Balaban J connectivity index is 3.04. The van der Waals surface area contributed by atoms with E-state index in [0.29, 0.717) is 6.04 Å². The van der Waals surface area contributed by atoms with E-state index in [1.807, 2.05) is 19.4 Å². The van der Waals surface area contributed by atoms with Crippen molar-refractivity contribution in [1.29, 1.82) is 0 Å². The number of rotatable bonds is 4. The first-order valence-corrected chi connectivity index (χ1v) is 5.24. The lowest BCUT2D eigenvalue weighted by molar-refractivity contribution is 0.177. The van der Waals surface area contributed by atoms with E-state index in [0.717, 1.165) is 0 Å². The number of hydrogen-bond donors (Lipinski definition) is 1. The van der Waals surface area contributed by atoms with Gasteiger partial charge in [0.15, 0.2) is 0 Å². The zero-order valence-electron chi connectivity index (χ0n) is 10.3. The van der Waals surface area contributed by atoms with Crippen LogP contribution in [0.1, 0.15) is 25.5 Å². The van der Waals surface area contributed by atoms with Crippen molar-refractivity contribution in [2.75, 3.05) is 21.1 Å². The lowest BCUT2D eigenvalue weighted by Gasteiger charge is -2.39. The number of hydrogen-bond acceptors (Lipinski definition) is 3. The summed E-state index contributed by atoms with van der Waals surface area (Å²) in [6.07, 6.45) is 3.69. The highest BCUT2D eigenvalue weighted by molar-refractivity contribution is 5.19. The second-order valence-corrected chi connectivity index (χ2v) is 4.62. The van der Waals surface area contributed by atoms with Gasteiger partial charge in [0.25, 0.3) is 0 Å². The van der Waals surface area contributed by atoms with Crippen molar-refractivity contribution in [1.82, 2.24) is 15.2 Å². The summed E-state index contributed by atoms with van der Waals surface area (Å²) in [5, 5.41) is 3.36. The van der Waals surface area contributed by atoms with Crippen LogP contribution in [0.15, 0.2) is 24.5 Å². The maximum Gasteiger partial charge on any atom is 0.0520 e. The van der Waals surface area contributed by atoms with Crippen molar-refractivity contribution in [3.63, 3.8) is 0 Å². The number of likely N-dealkylation sites (N-methyl/N-ethyl adjacent to an activating group) is 2. The third kappa shape index (κ3) is 2.76. The number of aromatic nitrogens is 1. The summed E-state index contributed by atoms with van der Waals surface area (Å²) < 4.78 is 0. The van der Waals surface area contributed by atoms with E-state index < -0.39 is 0 Å². The van der Waals surface area contributed by atoms with E-state index in [1.165, 1.54) is 5.56 Å². The maximum absolute atomic E-state index is 4.06. The van der Waals surface area contributed by atoms with E-state index in [9.17, 15) is 0 Å². The zero-order chi connectivity index (χ0) is 11.5. The fourth-order valence-corrected chi connectivity index (χ4v) is 2.04. The molecule has 1 atom stereocenters. The summed E-state index contributed by atoms with van der Waals surface area (Å²) in [5.41, 5.74) is 1.32. The highest BCUT2D eigenvalue weighted by Gasteiger charge is 2.30. The monoisotopic (exact) mass is 207 g/mol. The average molecular weight is 207 g/mol. The van der Waals surface area contributed by atoms with E-state index >= 15 is 0 Å². The third-order valence-corrected chi connectivity index (χ3v) is 2.87. The maximum atomic E-state index is 4.06. The van der Waals surface area contributed by atoms with Crippen LogP contribution < -0.4 is 5.32 Å². The number of nitrogens with one attached hydrogen (secondary N) is 1. The Morgan fingerprint density at radius 3 is 2.20 bits per heavy atom. The number of pyridine rings is 1. The molecule has 0 saturated carbocycles. The molecule has 3 heteroatoms. The fourth-order valence-electron chi connectivity index (χ4n) is 2.04. The standard InChI is InChI=1S/C12H21N3/c1-12(2,13-3)11(15(4)5)10-6-8-14-9-7-10/h6-9,11,13H,1-5H3. The molecule has 15 heavy (non-hydrogen) atoms. The van der Waals surface area contributed by atoms with Crippen LogP contribution in [0.2, 0.25) is 0 Å². The summed E-state index contributed by atoms with van der Waals surface area (Å²) >= 11 is 0. The van der Waals surface area contributed by atoms with Crippen LogP contribution in [0.3, 0.4) is 0 Å². The Labute approximate surface area is 92.5 Å². The molecule has 0 amide bonds. The second-order valence-electron chi connectivity index (χ2n) is 4.62. The summed E-state index contributed by atoms with van der Waals surface area (Å²) in [7, 11) is 6.20. The first kappa shape index (κ1) is 12.1. The van der Waals surface area contributed by atoms with Gasteiger partial charge in [-0.1, -0.05) is 0 Å². The van der Waals surface area contributed by atoms with Crippen LogP contribution in [0.25, 0.3) is 0 Å². The lowest BCUT2D eigenvalue weighted by Crippen LogP contribution is -2.48. The molecule has 0 aliphatic rings. The largest absolute Gasteiger partial charge is 0.313 e. The van der Waals surface area contributed by atoms with Crippen molar-refractivity contribution in [2.24, 2.45) is 0 Å². The highest BCUT2D eigenvalue weighted by atomic mass is 15.2. The molecular weight excluding hydrogens is 186 g/mol. The van der Waals surface area contributed by atoms with Gasteiger partial charge in [-0.25, -0.2) is 0 Å². The topological polar surface area (TPSA) is 28.2 Å². The highest BCUT2D eigenvalue weighted by Crippen LogP contribution is 2.28. The molecule has 1 heterocycles. The normalized spacial score (nSPS) is 14.3. The third-order valence-electron chi connectivity index (χ3n) is 2.87. The first-order valence-electron chi connectivity index (χ1n) is 5.24. The van der Waals surface area contributed by atoms with Gasteiger partial charge < -0.3 is 10.2 Å². The van der Waals surface area contributed by atoms with Crippen molar-refractivity contribution in [3.8, 4) is 0 Å². The van der Waals surface area contributed by atoms with Gasteiger partial charge in [0, 0.05) is 17.9 Å². The molecule has 1 N–H and O–H groups in total. The molecule has 3 nitrogen and oxygen atoms in total. The quantitative estimate of drug-likeness (QED) is 0.814. The van der Waals surface area contributed by atoms with Crippen molar-refractivity contribution in [2.45, 2.75) is 25.4 Å². The molecule has 0 spiro atoms. The van der Waals surface area contributed by atoms with E-state index in [4.69, 9.17) is 0 Å². The van der Waals surface area contributed by atoms with Crippen molar-refractivity contribution in [3.05, 3.63) is 30.1 Å². The van der Waals surface area contributed by atoms with Gasteiger partial charge in [-0.3, -0.25) is 4.98 Å². The summed E-state index contributed by atoms with van der Waals surface area (Å²) in [6.45, 7) is 4.41. The Hall–Kier alpha value is -0.930.